The molecule has 2 aromatic carbocycles. The van der Waals surface area contributed by atoms with Gasteiger partial charge in [-0.2, -0.15) is 18.3 Å². The largest absolute Gasteiger partial charge is 0.416 e. The standard InChI is InChI=1S/C22H19F3N4O3/c1-13-7-8-19(11-20(13)29(31)32)28-14(2)9-17(15(28)3)12-26-27-21(30)16-5-4-6-18(10-16)22(23,24)25/h4-12H,1-3H3,(H,27,30)/b26-12+. The minimum atomic E-state index is -4.55. The second kappa shape index (κ2) is 8.66. The smallest absolute Gasteiger partial charge is 0.318 e. The molecule has 0 aliphatic heterocycles. The summed E-state index contributed by atoms with van der Waals surface area (Å²) in [6, 6.07) is 10.7. The predicted octanol–water partition coefficient (Wildman–Crippen LogP) is 5.09. The van der Waals surface area contributed by atoms with Crippen LogP contribution in [0.4, 0.5) is 18.9 Å². The van der Waals surface area contributed by atoms with E-state index in [-0.39, 0.29) is 11.3 Å². The first-order valence-electron chi connectivity index (χ1n) is 9.44. The molecule has 0 aliphatic carbocycles. The Hall–Kier alpha value is -3.95. The summed E-state index contributed by atoms with van der Waals surface area (Å²) in [5.41, 5.74) is 4.40. The van der Waals surface area contributed by atoms with E-state index in [1.165, 1.54) is 18.3 Å². The summed E-state index contributed by atoms with van der Waals surface area (Å²) in [4.78, 5) is 23.0. The lowest BCUT2D eigenvalue weighted by molar-refractivity contribution is -0.385. The van der Waals surface area contributed by atoms with Crippen molar-refractivity contribution in [2.24, 2.45) is 5.10 Å². The lowest BCUT2D eigenvalue weighted by atomic mass is 10.1. The minimum Gasteiger partial charge on any atom is -0.318 e. The maximum Gasteiger partial charge on any atom is 0.416 e. The first-order chi connectivity index (χ1) is 15.0. The molecular formula is C22H19F3N4O3. The van der Waals surface area contributed by atoms with Crippen molar-refractivity contribution in [2.75, 3.05) is 0 Å². The van der Waals surface area contributed by atoms with E-state index >= 15 is 0 Å². The number of hydrazone groups is 1. The lowest BCUT2D eigenvalue weighted by Gasteiger charge is -2.10. The molecule has 1 N–H and O–H groups in total. The highest BCUT2D eigenvalue weighted by Crippen LogP contribution is 2.29. The summed E-state index contributed by atoms with van der Waals surface area (Å²) in [6.45, 7) is 5.26. The molecule has 1 heterocycles. The molecule has 0 radical (unpaired) electrons. The van der Waals surface area contributed by atoms with Crippen LogP contribution >= 0.6 is 0 Å². The summed E-state index contributed by atoms with van der Waals surface area (Å²) < 4.78 is 40.3. The fourth-order valence-electron chi connectivity index (χ4n) is 3.31. The lowest BCUT2D eigenvalue weighted by Crippen LogP contribution is -2.18. The van der Waals surface area contributed by atoms with Gasteiger partial charge in [-0.05, 0) is 51.1 Å². The Morgan fingerprint density at radius 1 is 1.12 bits per heavy atom. The summed E-state index contributed by atoms with van der Waals surface area (Å²) in [6.07, 6.45) is -3.19. The van der Waals surface area contributed by atoms with Crippen molar-refractivity contribution in [3.05, 3.63) is 92.3 Å². The third-order valence-electron chi connectivity index (χ3n) is 4.94. The van der Waals surface area contributed by atoms with Gasteiger partial charge in [0.2, 0.25) is 0 Å². The molecule has 32 heavy (non-hydrogen) atoms. The van der Waals surface area contributed by atoms with Crippen molar-refractivity contribution >= 4 is 17.8 Å². The first-order valence-corrected chi connectivity index (χ1v) is 9.44. The number of hydrogen-bond acceptors (Lipinski definition) is 4. The van der Waals surface area contributed by atoms with E-state index in [1.54, 1.807) is 32.0 Å². The van der Waals surface area contributed by atoms with Crippen LogP contribution in [0.2, 0.25) is 0 Å². The van der Waals surface area contributed by atoms with Crippen molar-refractivity contribution in [3.63, 3.8) is 0 Å². The number of carbonyl (C=O) groups excluding carboxylic acids is 1. The number of nitro groups is 1. The number of alkyl halides is 3. The molecule has 0 saturated carbocycles. The topological polar surface area (TPSA) is 89.5 Å². The maximum absolute atomic E-state index is 12.8. The third-order valence-corrected chi connectivity index (χ3v) is 4.94. The van der Waals surface area contributed by atoms with Gasteiger partial charge in [-0.3, -0.25) is 14.9 Å². The zero-order valence-corrected chi connectivity index (χ0v) is 17.4. The van der Waals surface area contributed by atoms with Gasteiger partial charge in [-0.1, -0.05) is 12.1 Å². The molecule has 3 aromatic rings. The number of amides is 1. The van der Waals surface area contributed by atoms with Crippen molar-refractivity contribution in [1.82, 2.24) is 9.99 Å². The molecule has 0 unspecified atom stereocenters. The number of nitrogens with one attached hydrogen (secondary N) is 1. The van der Waals surface area contributed by atoms with E-state index in [4.69, 9.17) is 0 Å². The van der Waals surface area contributed by atoms with Crippen LogP contribution in [-0.2, 0) is 6.18 Å². The van der Waals surface area contributed by atoms with Crippen LogP contribution < -0.4 is 5.43 Å². The highest BCUT2D eigenvalue weighted by Gasteiger charge is 2.30. The average molecular weight is 444 g/mol. The molecule has 7 nitrogen and oxygen atoms in total. The highest BCUT2D eigenvalue weighted by molar-refractivity contribution is 5.95. The third kappa shape index (κ3) is 4.69. The molecule has 3 rings (SSSR count). The monoisotopic (exact) mass is 444 g/mol. The zero-order chi connectivity index (χ0) is 23.6. The van der Waals surface area contributed by atoms with Crippen LogP contribution in [0, 0.1) is 30.9 Å². The van der Waals surface area contributed by atoms with Gasteiger partial charge in [0.25, 0.3) is 11.6 Å². The van der Waals surface area contributed by atoms with Crippen molar-refractivity contribution in [3.8, 4) is 5.69 Å². The van der Waals surface area contributed by atoms with E-state index in [2.05, 4.69) is 10.5 Å². The Labute approximate surface area is 181 Å². The summed E-state index contributed by atoms with van der Waals surface area (Å²) in [7, 11) is 0. The van der Waals surface area contributed by atoms with E-state index < -0.39 is 22.6 Å². The second-order valence-electron chi connectivity index (χ2n) is 7.17. The van der Waals surface area contributed by atoms with Crippen molar-refractivity contribution in [1.29, 1.82) is 0 Å². The van der Waals surface area contributed by atoms with Gasteiger partial charge in [-0.25, -0.2) is 5.43 Å². The Kier molecular flexibility index (Phi) is 6.15. The number of rotatable bonds is 5. The molecule has 10 heteroatoms. The van der Waals surface area contributed by atoms with E-state index in [0.29, 0.717) is 16.8 Å². The molecule has 1 aromatic heterocycles. The summed E-state index contributed by atoms with van der Waals surface area (Å²) >= 11 is 0. The quantitative estimate of drug-likeness (QED) is 0.338. The van der Waals surface area contributed by atoms with Gasteiger partial charge in [-0.15, -0.1) is 0 Å². The number of benzene rings is 2. The van der Waals surface area contributed by atoms with Crippen LogP contribution in [0.25, 0.3) is 5.69 Å². The molecule has 0 fully saturated rings. The molecule has 0 spiro atoms. The van der Waals surface area contributed by atoms with Gasteiger partial charge in [0.05, 0.1) is 22.4 Å². The van der Waals surface area contributed by atoms with E-state index in [0.717, 1.165) is 29.6 Å². The molecular weight excluding hydrogens is 425 g/mol. The SMILES string of the molecule is Cc1ccc(-n2c(C)cc(/C=N/NC(=O)c3cccc(C(F)(F)F)c3)c2C)cc1[N+](=O)[O-]. The van der Waals surface area contributed by atoms with Gasteiger partial charge < -0.3 is 4.57 Å². The normalized spacial score (nSPS) is 11.7. The average Bonchev–Trinajstić information content (AvgIpc) is 3.01. The Morgan fingerprint density at radius 2 is 1.84 bits per heavy atom. The van der Waals surface area contributed by atoms with Crippen LogP contribution in [0.5, 0.6) is 0 Å². The number of nitrogens with zero attached hydrogens (tertiary/aromatic N) is 3. The Balaban J connectivity index is 1.82. The van der Waals surface area contributed by atoms with Crippen LogP contribution in [0.1, 0.15) is 38.4 Å². The number of aromatic nitrogens is 1. The number of halogens is 3. The molecule has 0 saturated heterocycles. The van der Waals surface area contributed by atoms with Gasteiger partial charge in [0, 0.05) is 34.1 Å². The predicted molar refractivity (Wildman–Crippen MR) is 113 cm³/mol. The maximum atomic E-state index is 12.8. The first kappa shape index (κ1) is 22.7. The summed E-state index contributed by atoms with van der Waals surface area (Å²) in [5, 5.41) is 15.1. The number of carbonyl (C=O) groups is 1. The van der Waals surface area contributed by atoms with Crippen LogP contribution in [0.3, 0.4) is 0 Å². The fraction of sp³-hybridized carbons (Fsp3) is 0.182. The van der Waals surface area contributed by atoms with Gasteiger partial charge >= 0.3 is 6.18 Å². The Morgan fingerprint density at radius 3 is 2.50 bits per heavy atom. The van der Waals surface area contributed by atoms with Gasteiger partial charge in [0.15, 0.2) is 0 Å². The van der Waals surface area contributed by atoms with Gasteiger partial charge in [0.1, 0.15) is 0 Å². The molecule has 0 atom stereocenters. The number of hydrogen-bond donors (Lipinski definition) is 1. The zero-order valence-electron chi connectivity index (χ0n) is 17.4. The molecule has 0 aliphatic rings. The minimum absolute atomic E-state index is 0.00133. The van der Waals surface area contributed by atoms with Crippen LogP contribution in [0.15, 0.2) is 53.6 Å². The van der Waals surface area contributed by atoms with Crippen LogP contribution in [-0.4, -0.2) is 21.6 Å². The molecule has 0 bridgehead atoms. The van der Waals surface area contributed by atoms with E-state index in [1.807, 2.05) is 11.5 Å². The summed E-state index contributed by atoms with van der Waals surface area (Å²) in [5.74, 6) is -0.782. The number of aryl methyl sites for hydroxylation is 2. The van der Waals surface area contributed by atoms with Crippen molar-refractivity contribution in [2.45, 2.75) is 26.9 Å². The highest BCUT2D eigenvalue weighted by atomic mass is 19.4. The fourth-order valence-corrected chi connectivity index (χ4v) is 3.31. The second-order valence-corrected chi connectivity index (χ2v) is 7.17. The molecule has 166 valence electrons. The van der Waals surface area contributed by atoms with E-state index in [9.17, 15) is 28.1 Å². The number of nitro benzene ring substituents is 1. The Bertz CT molecular complexity index is 1230. The van der Waals surface area contributed by atoms with Crippen molar-refractivity contribution < 1.29 is 22.9 Å². The molecule has 1 amide bonds.